The second kappa shape index (κ2) is 5.57. The average Bonchev–Trinajstić information content (AvgIpc) is 2.49. The third-order valence-electron chi connectivity index (χ3n) is 2.90. The quantitative estimate of drug-likeness (QED) is 0.640. The minimum absolute atomic E-state index is 0.273. The summed E-state index contributed by atoms with van der Waals surface area (Å²) in [6.07, 6.45) is 0. The van der Waals surface area contributed by atoms with E-state index in [2.05, 4.69) is 6.07 Å². The zero-order valence-corrected chi connectivity index (χ0v) is 10.7. The molecule has 0 aliphatic heterocycles. The van der Waals surface area contributed by atoms with Crippen LogP contribution in [0.2, 0.25) is 0 Å². The molecule has 1 nitrogen and oxygen atoms in total. The Kier molecular flexibility index (Phi) is 3.46. The van der Waals surface area contributed by atoms with Crippen LogP contribution in [0.3, 0.4) is 0 Å². The van der Waals surface area contributed by atoms with Gasteiger partial charge in [0.2, 0.25) is 0 Å². The van der Waals surface area contributed by atoms with Gasteiger partial charge in [-0.15, -0.1) is 0 Å². The molecule has 0 aliphatic carbocycles. The normalized spacial score (nSPS) is 10.2. The van der Waals surface area contributed by atoms with Crippen molar-refractivity contribution in [3.63, 3.8) is 0 Å². The molecule has 97 valence electrons. The summed E-state index contributed by atoms with van der Waals surface area (Å²) in [4.78, 5) is 0. The van der Waals surface area contributed by atoms with Crippen LogP contribution in [-0.4, -0.2) is 0 Å². The lowest BCUT2D eigenvalue weighted by atomic mass is 10.0. The van der Waals surface area contributed by atoms with Gasteiger partial charge >= 0.3 is 0 Å². The standard InChI is InChI=1S/C18H12FO/c19-15-8-6-7-14(13-15)17-11-4-5-12-18(17)20-16-9-2-1-3-10-16/h1-10,12-13H. The van der Waals surface area contributed by atoms with Gasteiger partial charge in [-0.05, 0) is 42.0 Å². The summed E-state index contributed by atoms with van der Waals surface area (Å²) in [6, 6.07) is 24.5. The van der Waals surface area contributed by atoms with Crippen LogP contribution in [0.25, 0.3) is 11.1 Å². The molecule has 0 N–H and O–H groups in total. The zero-order valence-electron chi connectivity index (χ0n) is 10.7. The third-order valence-corrected chi connectivity index (χ3v) is 2.90. The van der Waals surface area contributed by atoms with Crippen molar-refractivity contribution in [2.24, 2.45) is 0 Å². The topological polar surface area (TPSA) is 9.23 Å². The maximum absolute atomic E-state index is 13.4. The maximum Gasteiger partial charge on any atom is 0.135 e. The third kappa shape index (κ3) is 2.69. The molecule has 0 amide bonds. The van der Waals surface area contributed by atoms with Crippen molar-refractivity contribution in [2.45, 2.75) is 0 Å². The van der Waals surface area contributed by atoms with Crippen LogP contribution in [0.4, 0.5) is 4.39 Å². The molecule has 20 heavy (non-hydrogen) atoms. The van der Waals surface area contributed by atoms with E-state index in [0.29, 0.717) is 5.75 Å². The second-order valence-corrected chi connectivity index (χ2v) is 4.33. The summed E-state index contributed by atoms with van der Waals surface area (Å²) in [5.41, 5.74) is 1.49. The SMILES string of the molecule is Fc1cccc(-c2[c]cccc2Oc2ccccc2)c1. The number of ether oxygens (including phenoxy) is 1. The molecule has 0 saturated heterocycles. The fraction of sp³-hybridized carbons (Fsp3) is 0. The van der Waals surface area contributed by atoms with Crippen LogP contribution in [0.5, 0.6) is 11.5 Å². The fourth-order valence-electron chi connectivity index (χ4n) is 1.99. The Labute approximate surface area is 117 Å². The molecule has 0 heterocycles. The predicted octanol–water partition coefficient (Wildman–Crippen LogP) is 5.09. The van der Waals surface area contributed by atoms with E-state index in [-0.39, 0.29) is 5.82 Å². The number of benzene rings is 3. The summed E-state index contributed by atoms with van der Waals surface area (Å²) >= 11 is 0. The summed E-state index contributed by atoms with van der Waals surface area (Å²) in [5, 5.41) is 0. The van der Waals surface area contributed by atoms with Gasteiger partial charge in [-0.3, -0.25) is 0 Å². The highest BCUT2D eigenvalue weighted by Gasteiger charge is 2.07. The van der Waals surface area contributed by atoms with Crippen LogP contribution in [0.1, 0.15) is 0 Å². The van der Waals surface area contributed by atoms with Gasteiger partial charge in [0.25, 0.3) is 0 Å². The van der Waals surface area contributed by atoms with E-state index in [1.54, 1.807) is 12.1 Å². The van der Waals surface area contributed by atoms with Gasteiger partial charge in [0.05, 0.1) is 0 Å². The lowest BCUT2D eigenvalue weighted by molar-refractivity contribution is 0.484. The van der Waals surface area contributed by atoms with Gasteiger partial charge < -0.3 is 4.74 Å². The van der Waals surface area contributed by atoms with E-state index in [0.717, 1.165) is 16.9 Å². The van der Waals surface area contributed by atoms with Gasteiger partial charge in [0.1, 0.15) is 17.3 Å². The highest BCUT2D eigenvalue weighted by atomic mass is 19.1. The first kappa shape index (κ1) is 12.4. The maximum atomic E-state index is 13.4. The summed E-state index contributed by atoms with van der Waals surface area (Å²) in [6.45, 7) is 0. The van der Waals surface area contributed by atoms with Crippen molar-refractivity contribution >= 4 is 0 Å². The molecular formula is C18H12FO. The Morgan fingerprint density at radius 1 is 0.850 bits per heavy atom. The fourth-order valence-corrected chi connectivity index (χ4v) is 1.99. The highest BCUT2D eigenvalue weighted by molar-refractivity contribution is 5.70. The van der Waals surface area contributed by atoms with Crippen molar-refractivity contribution in [2.75, 3.05) is 0 Å². The highest BCUT2D eigenvalue weighted by Crippen LogP contribution is 2.32. The van der Waals surface area contributed by atoms with E-state index in [4.69, 9.17) is 4.74 Å². The molecule has 3 rings (SSSR count). The molecule has 0 fully saturated rings. The van der Waals surface area contributed by atoms with E-state index in [1.807, 2.05) is 48.5 Å². The molecule has 1 radical (unpaired) electrons. The Morgan fingerprint density at radius 3 is 2.50 bits per heavy atom. The summed E-state index contributed by atoms with van der Waals surface area (Å²) in [7, 11) is 0. The van der Waals surface area contributed by atoms with Gasteiger partial charge in [-0.25, -0.2) is 4.39 Å². The molecule has 0 saturated carbocycles. The molecule has 2 heteroatoms. The molecule has 0 spiro atoms. The Bertz CT molecular complexity index is 707. The monoisotopic (exact) mass is 263 g/mol. The zero-order chi connectivity index (χ0) is 13.8. The minimum atomic E-state index is -0.273. The van der Waals surface area contributed by atoms with Gasteiger partial charge in [-0.2, -0.15) is 0 Å². The van der Waals surface area contributed by atoms with Crippen LogP contribution in [0.15, 0.2) is 72.8 Å². The smallest absolute Gasteiger partial charge is 0.135 e. The Hall–Kier alpha value is -2.61. The first-order valence-corrected chi connectivity index (χ1v) is 6.32. The van der Waals surface area contributed by atoms with Crippen LogP contribution in [0, 0.1) is 11.9 Å². The van der Waals surface area contributed by atoms with E-state index in [1.165, 1.54) is 12.1 Å². The number of hydrogen-bond donors (Lipinski definition) is 0. The second-order valence-electron chi connectivity index (χ2n) is 4.33. The van der Waals surface area contributed by atoms with Gasteiger partial charge in [0.15, 0.2) is 0 Å². The van der Waals surface area contributed by atoms with Crippen molar-refractivity contribution in [3.8, 4) is 22.6 Å². The molecule has 3 aromatic carbocycles. The molecule has 3 aromatic rings. The largest absolute Gasteiger partial charge is 0.457 e. The van der Waals surface area contributed by atoms with E-state index >= 15 is 0 Å². The van der Waals surface area contributed by atoms with E-state index < -0.39 is 0 Å². The van der Waals surface area contributed by atoms with Crippen LogP contribution in [-0.2, 0) is 0 Å². The predicted molar refractivity (Wildman–Crippen MR) is 77.2 cm³/mol. The van der Waals surface area contributed by atoms with Crippen molar-refractivity contribution in [1.82, 2.24) is 0 Å². The first-order chi connectivity index (χ1) is 9.83. The Morgan fingerprint density at radius 2 is 1.70 bits per heavy atom. The molecule has 0 atom stereocenters. The van der Waals surface area contributed by atoms with Gasteiger partial charge in [0, 0.05) is 5.56 Å². The lowest BCUT2D eigenvalue weighted by Crippen LogP contribution is -1.88. The van der Waals surface area contributed by atoms with E-state index in [9.17, 15) is 4.39 Å². The van der Waals surface area contributed by atoms with Crippen molar-refractivity contribution in [1.29, 1.82) is 0 Å². The summed E-state index contributed by atoms with van der Waals surface area (Å²) in [5.74, 6) is 1.12. The number of rotatable bonds is 3. The molecule has 0 unspecified atom stereocenters. The van der Waals surface area contributed by atoms with Crippen molar-refractivity contribution in [3.05, 3.63) is 84.7 Å². The number of hydrogen-bond acceptors (Lipinski definition) is 1. The Balaban J connectivity index is 2.00. The first-order valence-electron chi connectivity index (χ1n) is 6.32. The average molecular weight is 263 g/mol. The molecular weight excluding hydrogens is 251 g/mol. The number of halogens is 1. The minimum Gasteiger partial charge on any atom is -0.457 e. The summed E-state index contributed by atoms with van der Waals surface area (Å²) < 4.78 is 19.2. The van der Waals surface area contributed by atoms with Crippen LogP contribution >= 0.6 is 0 Å². The molecule has 0 bridgehead atoms. The number of para-hydroxylation sites is 1. The van der Waals surface area contributed by atoms with Crippen LogP contribution < -0.4 is 4.74 Å². The molecule has 0 aromatic heterocycles. The molecule has 0 aliphatic rings. The van der Waals surface area contributed by atoms with Crippen molar-refractivity contribution < 1.29 is 9.13 Å². The lowest BCUT2D eigenvalue weighted by Gasteiger charge is -2.11. The van der Waals surface area contributed by atoms with Gasteiger partial charge in [-0.1, -0.05) is 42.5 Å².